The molecular weight excluding hydrogens is 188 g/mol. The second kappa shape index (κ2) is 7.31. The van der Waals surface area contributed by atoms with Crippen LogP contribution in [0.4, 0.5) is 0 Å². The van der Waals surface area contributed by atoms with Gasteiger partial charge < -0.3 is 10.2 Å². The predicted molar refractivity (Wildman–Crippen MR) is 61.5 cm³/mol. The second-order valence-corrected chi connectivity index (χ2v) is 3.40. The molecule has 1 aromatic rings. The van der Waals surface area contributed by atoms with Gasteiger partial charge in [-0.3, -0.25) is 9.97 Å². The molecule has 0 aliphatic carbocycles. The van der Waals surface area contributed by atoms with Crippen LogP contribution in [0.1, 0.15) is 19.5 Å². The van der Waals surface area contributed by atoms with Crippen molar-refractivity contribution in [1.29, 1.82) is 0 Å². The summed E-state index contributed by atoms with van der Waals surface area (Å²) in [5, 5.41) is 3.36. The van der Waals surface area contributed by atoms with Crippen molar-refractivity contribution in [3.8, 4) is 0 Å². The van der Waals surface area contributed by atoms with E-state index < -0.39 is 0 Å². The Hall–Kier alpha value is -1.00. The van der Waals surface area contributed by atoms with Gasteiger partial charge in [-0.25, -0.2) is 0 Å². The van der Waals surface area contributed by atoms with Crippen molar-refractivity contribution in [2.24, 2.45) is 0 Å². The van der Waals surface area contributed by atoms with Crippen LogP contribution in [0.5, 0.6) is 0 Å². The van der Waals surface area contributed by atoms with Gasteiger partial charge in [0, 0.05) is 38.2 Å². The molecule has 0 atom stereocenters. The molecule has 0 aromatic carbocycles. The van der Waals surface area contributed by atoms with Gasteiger partial charge in [0.05, 0.1) is 5.69 Å². The molecule has 0 aliphatic heterocycles. The summed E-state index contributed by atoms with van der Waals surface area (Å²) in [4.78, 5) is 10.6. The molecule has 1 rings (SSSR count). The summed E-state index contributed by atoms with van der Waals surface area (Å²) in [6, 6.07) is 0. The average molecular weight is 208 g/mol. The van der Waals surface area contributed by atoms with Gasteiger partial charge >= 0.3 is 0 Å². The third-order valence-corrected chi connectivity index (χ3v) is 2.42. The highest BCUT2D eigenvalue weighted by molar-refractivity contribution is 4.93. The Morgan fingerprint density at radius 2 is 2.07 bits per heavy atom. The normalized spacial score (nSPS) is 10.9. The number of nitrogens with one attached hydrogen (secondary N) is 1. The SMILES string of the molecule is CCN(CC)CCNCc1cnccn1. The molecule has 0 spiro atoms. The minimum Gasteiger partial charge on any atom is -0.310 e. The fourth-order valence-electron chi connectivity index (χ4n) is 1.41. The maximum atomic E-state index is 4.20. The lowest BCUT2D eigenvalue weighted by Gasteiger charge is -2.17. The Morgan fingerprint density at radius 3 is 2.67 bits per heavy atom. The lowest BCUT2D eigenvalue weighted by Crippen LogP contribution is -2.31. The molecule has 0 unspecified atom stereocenters. The van der Waals surface area contributed by atoms with Crippen LogP contribution >= 0.6 is 0 Å². The van der Waals surface area contributed by atoms with Crippen LogP contribution in [0.25, 0.3) is 0 Å². The molecule has 0 aliphatic rings. The van der Waals surface area contributed by atoms with E-state index in [0.29, 0.717) is 0 Å². The minimum atomic E-state index is 0.801. The first-order chi connectivity index (χ1) is 7.36. The summed E-state index contributed by atoms with van der Waals surface area (Å²) in [6.45, 7) is 9.49. The molecular formula is C11H20N4. The molecule has 0 radical (unpaired) electrons. The number of nitrogens with zero attached hydrogens (tertiary/aromatic N) is 3. The summed E-state index contributed by atoms with van der Waals surface area (Å²) in [5.74, 6) is 0. The van der Waals surface area contributed by atoms with Crippen LogP contribution < -0.4 is 5.32 Å². The molecule has 4 nitrogen and oxygen atoms in total. The van der Waals surface area contributed by atoms with E-state index >= 15 is 0 Å². The molecule has 15 heavy (non-hydrogen) atoms. The smallest absolute Gasteiger partial charge is 0.0724 e. The number of hydrogen-bond donors (Lipinski definition) is 1. The van der Waals surface area contributed by atoms with E-state index in [1.54, 1.807) is 18.6 Å². The van der Waals surface area contributed by atoms with Crippen LogP contribution in [0.2, 0.25) is 0 Å². The third kappa shape index (κ3) is 4.85. The molecule has 1 aromatic heterocycles. The minimum absolute atomic E-state index is 0.801. The number of aromatic nitrogens is 2. The standard InChI is InChI=1S/C11H20N4/c1-3-15(4-2)8-7-13-10-11-9-12-5-6-14-11/h5-6,9,13H,3-4,7-8,10H2,1-2H3. The van der Waals surface area contributed by atoms with Crippen LogP contribution in [-0.4, -0.2) is 41.0 Å². The zero-order chi connectivity index (χ0) is 10.9. The van der Waals surface area contributed by atoms with E-state index in [4.69, 9.17) is 0 Å². The molecule has 84 valence electrons. The van der Waals surface area contributed by atoms with Crippen molar-refractivity contribution >= 4 is 0 Å². The summed E-state index contributed by atoms with van der Waals surface area (Å²) in [7, 11) is 0. The monoisotopic (exact) mass is 208 g/mol. The van der Waals surface area contributed by atoms with Crippen LogP contribution in [-0.2, 0) is 6.54 Å². The van der Waals surface area contributed by atoms with Gasteiger partial charge in [-0.15, -0.1) is 0 Å². The zero-order valence-corrected chi connectivity index (χ0v) is 9.61. The molecule has 1 N–H and O–H groups in total. The molecule has 0 saturated carbocycles. The van der Waals surface area contributed by atoms with E-state index in [2.05, 4.69) is 34.0 Å². The highest BCUT2D eigenvalue weighted by Crippen LogP contribution is 1.89. The Kier molecular flexibility index (Phi) is 5.88. The molecule has 4 heteroatoms. The Bertz CT molecular complexity index is 246. The van der Waals surface area contributed by atoms with Gasteiger partial charge in [-0.05, 0) is 13.1 Å². The van der Waals surface area contributed by atoms with E-state index in [9.17, 15) is 0 Å². The highest BCUT2D eigenvalue weighted by atomic mass is 15.1. The van der Waals surface area contributed by atoms with E-state index in [-0.39, 0.29) is 0 Å². The summed E-state index contributed by atoms with van der Waals surface area (Å²) < 4.78 is 0. The highest BCUT2D eigenvalue weighted by Gasteiger charge is 1.98. The predicted octanol–water partition coefficient (Wildman–Crippen LogP) is 0.908. The first kappa shape index (κ1) is 12.1. The molecule has 0 fully saturated rings. The van der Waals surface area contributed by atoms with E-state index in [1.165, 1.54) is 0 Å². The number of hydrogen-bond acceptors (Lipinski definition) is 4. The fraction of sp³-hybridized carbons (Fsp3) is 0.636. The summed E-state index contributed by atoms with van der Waals surface area (Å²) in [6.07, 6.45) is 5.21. The lowest BCUT2D eigenvalue weighted by atomic mass is 10.4. The lowest BCUT2D eigenvalue weighted by molar-refractivity contribution is 0.302. The molecule has 0 bridgehead atoms. The van der Waals surface area contributed by atoms with Crippen LogP contribution in [0, 0.1) is 0 Å². The van der Waals surface area contributed by atoms with Gasteiger partial charge in [-0.1, -0.05) is 13.8 Å². The van der Waals surface area contributed by atoms with Crippen molar-refractivity contribution in [3.63, 3.8) is 0 Å². The van der Waals surface area contributed by atoms with Crippen molar-refractivity contribution in [3.05, 3.63) is 24.3 Å². The Labute approximate surface area is 91.7 Å². The Morgan fingerprint density at radius 1 is 1.27 bits per heavy atom. The molecule has 0 saturated heterocycles. The largest absolute Gasteiger partial charge is 0.310 e. The molecule has 0 amide bonds. The first-order valence-electron chi connectivity index (χ1n) is 5.54. The van der Waals surface area contributed by atoms with Gasteiger partial charge in [0.25, 0.3) is 0 Å². The quantitative estimate of drug-likeness (QED) is 0.676. The third-order valence-electron chi connectivity index (χ3n) is 2.42. The second-order valence-electron chi connectivity index (χ2n) is 3.40. The van der Waals surface area contributed by atoms with E-state index in [1.807, 2.05) is 0 Å². The number of likely N-dealkylation sites (N-methyl/N-ethyl adjacent to an activating group) is 1. The average Bonchev–Trinajstić information content (AvgIpc) is 2.31. The van der Waals surface area contributed by atoms with Crippen LogP contribution in [0.3, 0.4) is 0 Å². The van der Waals surface area contributed by atoms with Gasteiger partial charge in [0.1, 0.15) is 0 Å². The molecule has 1 heterocycles. The van der Waals surface area contributed by atoms with Gasteiger partial charge in [0.2, 0.25) is 0 Å². The Balaban J connectivity index is 2.12. The van der Waals surface area contributed by atoms with Crippen LogP contribution in [0.15, 0.2) is 18.6 Å². The summed E-state index contributed by atoms with van der Waals surface area (Å²) >= 11 is 0. The maximum absolute atomic E-state index is 4.20. The first-order valence-corrected chi connectivity index (χ1v) is 5.54. The number of rotatable bonds is 7. The van der Waals surface area contributed by atoms with Gasteiger partial charge in [0.15, 0.2) is 0 Å². The van der Waals surface area contributed by atoms with Crippen molar-refractivity contribution in [1.82, 2.24) is 20.2 Å². The topological polar surface area (TPSA) is 41.0 Å². The van der Waals surface area contributed by atoms with Crippen molar-refractivity contribution in [2.45, 2.75) is 20.4 Å². The van der Waals surface area contributed by atoms with Crippen molar-refractivity contribution < 1.29 is 0 Å². The zero-order valence-electron chi connectivity index (χ0n) is 9.61. The van der Waals surface area contributed by atoms with Gasteiger partial charge in [-0.2, -0.15) is 0 Å². The van der Waals surface area contributed by atoms with Crippen molar-refractivity contribution in [2.75, 3.05) is 26.2 Å². The fourth-order valence-corrected chi connectivity index (χ4v) is 1.41. The maximum Gasteiger partial charge on any atom is 0.0724 e. The summed E-state index contributed by atoms with van der Waals surface area (Å²) in [5.41, 5.74) is 0.997. The van der Waals surface area contributed by atoms with E-state index in [0.717, 1.165) is 38.4 Å².